The van der Waals surface area contributed by atoms with Gasteiger partial charge in [0.1, 0.15) is 11.9 Å². The Labute approximate surface area is 136 Å². The molecule has 1 atom stereocenters. The average Bonchev–Trinajstić information content (AvgIpc) is 3.46. The Morgan fingerprint density at radius 2 is 2.13 bits per heavy atom. The summed E-state index contributed by atoms with van der Waals surface area (Å²) in [4.78, 5) is 8.84. The molecule has 4 rings (SSSR count). The summed E-state index contributed by atoms with van der Waals surface area (Å²) in [5.41, 5.74) is 0. The highest BCUT2D eigenvalue weighted by atomic mass is 32.2. The van der Waals surface area contributed by atoms with Gasteiger partial charge >= 0.3 is 0 Å². The van der Waals surface area contributed by atoms with E-state index in [4.69, 9.17) is 4.74 Å². The summed E-state index contributed by atoms with van der Waals surface area (Å²) < 4.78 is 32.3. The van der Waals surface area contributed by atoms with Crippen molar-refractivity contribution < 1.29 is 13.2 Å². The van der Waals surface area contributed by atoms with Crippen LogP contribution in [0, 0.1) is 5.92 Å². The van der Waals surface area contributed by atoms with Crippen LogP contribution < -0.4 is 5.32 Å². The number of hydrogen-bond donors (Lipinski definition) is 1. The number of aromatic nitrogens is 2. The minimum atomic E-state index is -3.26. The molecule has 0 bridgehead atoms. The van der Waals surface area contributed by atoms with Crippen molar-refractivity contribution >= 4 is 15.8 Å². The fourth-order valence-corrected chi connectivity index (χ4v) is 4.81. The van der Waals surface area contributed by atoms with E-state index in [1.54, 1.807) is 10.5 Å². The molecule has 2 aliphatic carbocycles. The largest absolute Gasteiger partial charge is 0.378 e. The number of anilines is 1. The zero-order valence-corrected chi connectivity index (χ0v) is 13.8. The molecule has 1 N–H and O–H groups in total. The van der Waals surface area contributed by atoms with Gasteiger partial charge in [-0.2, -0.15) is 4.31 Å². The Balaban J connectivity index is 1.55. The Morgan fingerprint density at radius 1 is 1.30 bits per heavy atom. The fraction of sp³-hybridized carbons (Fsp3) is 0.733. The van der Waals surface area contributed by atoms with Gasteiger partial charge in [-0.25, -0.2) is 18.4 Å². The number of nitrogens with zero attached hydrogens (tertiary/aromatic N) is 3. The van der Waals surface area contributed by atoms with E-state index >= 15 is 0 Å². The van der Waals surface area contributed by atoms with Crippen LogP contribution in [-0.4, -0.2) is 54.2 Å². The third-order valence-corrected chi connectivity index (χ3v) is 7.00. The maximum Gasteiger partial charge on any atom is 0.217 e. The van der Waals surface area contributed by atoms with Crippen LogP contribution in [0.5, 0.6) is 0 Å². The summed E-state index contributed by atoms with van der Waals surface area (Å²) in [5.74, 6) is 2.03. The van der Waals surface area contributed by atoms with E-state index in [0.29, 0.717) is 25.6 Å². The summed E-state index contributed by atoms with van der Waals surface area (Å²) in [6.45, 7) is 2.05. The van der Waals surface area contributed by atoms with Crippen LogP contribution in [0.15, 0.2) is 12.3 Å². The molecule has 2 heterocycles. The van der Waals surface area contributed by atoms with Crippen molar-refractivity contribution in [3.8, 4) is 0 Å². The SMILES string of the molecule is O=S(=O)(C1CC1)N1CCOC[C@H]1c1nccc(NCC2CC2)n1. The van der Waals surface area contributed by atoms with E-state index < -0.39 is 16.1 Å². The minimum Gasteiger partial charge on any atom is -0.378 e. The molecule has 3 fully saturated rings. The third-order valence-electron chi connectivity index (χ3n) is 4.59. The molecule has 1 aromatic rings. The van der Waals surface area contributed by atoms with E-state index in [2.05, 4.69) is 15.3 Å². The van der Waals surface area contributed by atoms with Crippen LogP contribution in [0.4, 0.5) is 5.82 Å². The lowest BCUT2D eigenvalue weighted by atomic mass is 10.2. The number of nitrogens with one attached hydrogen (secondary N) is 1. The van der Waals surface area contributed by atoms with Crippen LogP contribution in [0.3, 0.4) is 0 Å². The van der Waals surface area contributed by atoms with Gasteiger partial charge in [0.05, 0.1) is 18.5 Å². The number of sulfonamides is 1. The van der Waals surface area contributed by atoms with Gasteiger partial charge in [0.2, 0.25) is 10.0 Å². The number of hydrogen-bond acceptors (Lipinski definition) is 6. The van der Waals surface area contributed by atoms with Crippen molar-refractivity contribution in [3.05, 3.63) is 18.1 Å². The van der Waals surface area contributed by atoms with Gasteiger partial charge in [0, 0.05) is 19.3 Å². The summed E-state index contributed by atoms with van der Waals surface area (Å²) in [5, 5.41) is 3.09. The van der Waals surface area contributed by atoms with Crippen LogP contribution in [0.25, 0.3) is 0 Å². The fourth-order valence-electron chi connectivity index (χ4n) is 2.86. The van der Waals surface area contributed by atoms with Gasteiger partial charge in [-0.15, -0.1) is 0 Å². The minimum absolute atomic E-state index is 0.223. The second kappa shape index (κ2) is 5.99. The van der Waals surface area contributed by atoms with Gasteiger partial charge in [-0.3, -0.25) is 0 Å². The Morgan fingerprint density at radius 3 is 2.87 bits per heavy atom. The topological polar surface area (TPSA) is 84.4 Å². The molecule has 0 spiro atoms. The molecule has 2 saturated carbocycles. The van der Waals surface area contributed by atoms with Crippen molar-refractivity contribution in [2.45, 2.75) is 37.0 Å². The molecule has 23 heavy (non-hydrogen) atoms. The smallest absolute Gasteiger partial charge is 0.217 e. The van der Waals surface area contributed by atoms with Crippen LogP contribution in [0.2, 0.25) is 0 Å². The van der Waals surface area contributed by atoms with Gasteiger partial charge < -0.3 is 10.1 Å². The van der Waals surface area contributed by atoms with Crippen LogP contribution in [0.1, 0.15) is 37.5 Å². The number of rotatable bonds is 6. The van der Waals surface area contributed by atoms with Gasteiger partial charge in [0.15, 0.2) is 5.82 Å². The predicted octanol–water partition coefficient (Wildman–Crippen LogP) is 1.16. The summed E-state index contributed by atoms with van der Waals surface area (Å²) in [6.07, 6.45) is 5.75. The standard InChI is InChI=1S/C15H22N4O3S/c20-23(21,12-3-4-12)19-7-8-22-10-13(19)15-16-6-5-14(18-15)17-9-11-1-2-11/h5-6,11-13H,1-4,7-10H2,(H,16,17,18)/t13-/m0/s1. The van der Waals surface area contributed by atoms with E-state index in [9.17, 15) is 8.42 Å². The predicted molar refractivity (Wildman–Crippen MR) is 85.5 cm³/mol. The first kappa shape index (κ1) is 15.3. The molecule has 0 unspecified atom stereocenters. The lowest BCUT2D eigenvalue weighted by molar-refractivity contribution is 0.0289. The highest BCUT2D eigenvalue weighted by Gasteiger charge is 2.45. The van der Waals surface area contributed by atoms with Crippen LogP contribution >= 0.6 is 0 Å². The molecule has 8 heteroatoms. The number of ether oxygens (including phenoxy) is 1. The molecule has 7 nitrogen and oxygen atoms in total. The Kier molecular flexibility index (Phi) is 3.98. The highest BCUT2D eigenvalue weighted by molar-refractivity contribution is 7.90. The number of morpholine rings is 1. The molecule has 3 aliphatic rings. The summed E-state index contributed by atoms with van der Waals surface area (Å²) in [6, 6.07) is 1.41. The summed E-state index contributed by atoms with van der Waals surface area (Å²) in [7, 11) is -3.26. The summed E-state index contributed by atoms with van der Waals surface area (Å²) >= 11 is 0. The molecular weight excluding hydrogens is 316 g/mol. The van der Waals surface area contributed by atoms with Crippen molar-refractivity contribution in [2.75, 3.05) is 31.6 Å². The van der Waals surface area contributed by atoms with E-state index in [0.717, 1.165) is 31.1 Å². The van der Waals surface area contributed by atoms with Crippen molar-refractivity contribution in [2.24, 2.45) is 5.92 Å². The van der Waals surface area contributed by atoms with Crippen molar-refractivity contribution in [1.29, 1.82) is 0 Å². The molecular formula is C15H22N4O3S. The van der Waals surface area contributed by atoms with Crippen molar-refractivity contribution in [3.63, 3.8) is 0 Å². The molecule has 0 radical (unpaired) electrons. The zero-order chi connectivity index (χ0) is 15.9. The Bertz CT molecular complexity index is 673. The quantitative estimate of drug-likeness (QED) is 0.838. The monoisotopic (exact) mass is 338 g/mol. The highest BCUT2D eigenvalue weighted by Crippen LogP contribution is 2.36. The normalized spacial score (nSPS) is 26.2. The second-order valence-electron chi connectivity index (χ2n) is 6.57. The van der Waals surface area contributed by atoms with E-state index in [-0.39, 0.29) is 5.25 Å². The van der Waals surface area contributed by atoms with Gasteiger partial charge in [-0.05, 0) is 37.7 Å². The maximum atomic E-state index is 12.6. The van der Waals surface area contributed by atoms with E-state index in [1.165, 1.54) is 12.8 Å². The first-order chi connectivity index (χ1) is 11.1. The second-order valence-corrected chi connectivity index (χ2v) is 8.74. The van der Waals surface area contributed by atoms with Crippen LogP contribution in [-0.2, 0) is 14.8 Å². The first-order valence-corrected chi connectivity index (χ1v) is 9.80. The Hall–Kier alpha value is -1.25. The molecule has 1 saturated heterocycles. The molecule has 0 aromatic carbocycles. The van der Waals surface area contributed by atoms with Crippen molar-refractivity contribution in [1.82, 2.24) is 14.3 Å². The molecule has 126 valence electrons. The maximum absolute atomic E-state index is 12.6. The molecule has 1 aromatic heterocycles. The van der Waals surface area contributed by atoms with Gasteiger partial charge in [-0.1, -0.05) is 0 Å². The van der Waals surface area contributed by atoms with E-state index in [1.807, 2.05) is 6.07 Å². The zero-order valence-electron chi connectivity index (χ0n) is 13.0. The lowest BCUT2D eigenvalue weighted by Crippen LogP contribution is -2.45. The van der Waals surface area contributed by atoms with Gasteiger partial charge in [0.25, 0.3) is 0 Å². The molecule has 1 aliphatic heterocycles. The first-order valence-electron chi connectivity index (χ1n) is 8.30. The third kappa shape index (κ3) is 3.34. The lowest BCUT2D eigenvalue weighted by Gasteiger charge is -2.33. The average molecular weight is 338 g/mol. The molecule has 0 amide bonds.